The summed E-state index contributed by atoms with van der Waals surface area (Å²) in [5.74, 6) is -1.33. The first kappa shape index (κ1) is 21.1. The standard InChI is InChI=1S/C17H24N2O7S/c1-25-13-5-7-14(8-6-13)27(23,24)19-9-3-4-12(10-19)16(21)18-15(11-20)17(22)26-2/h5-8,12,15,20H,3-4,9-11H2,1-2H3,(H,18,21)/t12-,15+/m1/s1. The van der Waals surface area contributed by atoms with Gasteiger partial charge in [-0.15, -0.1) is 0 Å². The van der Waals surface area contributed by atoms with E-state index in [9.17, 15) is 23.1 Å². The van der Waals surface area contributed by atoms with Crippen LogP contribution in [0.2, 0.25) is 0 Å². The van der Waals surface area contributed by atoms with E-state index in [0.29, 0.717) is 25.1 Å². The Morgan fingerprint density at radius 2 is 1.96 bits per heavy atom. The van der Waals surface area contributed by atoms with Crippen LogP contribution in [0.3, 0.4) is 0 Å². The molecule has 2 N–H and O–H groups in total. The molecule has 1 aromatic rings. The maximum absolute atomic E-state index is 12.8. The van der Waals surface area contributed by atoms with Crippen LogP contribution >= 0.6 is 0 Å². The summed E-state index contributed by atoms with van der Waals surface area (Å²) >= 11 is 0. The quantitative estimate of drug-likeness (QED) is 0.605. The number of piperidine rings is 1. The highest BCUT2D eigenvalue weighted by molar-refractivity contribution is 7.89. The molecule has 2 atom stereocenters. The van der Waals surface area contributed by atoms with Crippen LogP contribution in [-0.2, 0) is 24.3 Å². The number of benzene rings is 1. The fourth-order valence-electron chi connectivity index (χ4n) is 2.88. The van der Waals surface area contributed by atoms with Crippen molar-refractivity contribution in [2.75, 3.05) is 33.9 Å². The Bertz CT molecular complexity index is 764. The number of methoxy groups -OCH3 is 2. The number of carbonyl (C=O) groups is 2. The Morgan fingerprint density at radius 3 is 2.52 bits per heavy atom. The minimum absolute atomic E-state index is 0.000479. The maximum atomic E-state index is 12.8. The van der Waals surface area contributed by atoms with Gasteiger partial charge in [0.1, 0.15) is 5.75 Å². The number of carbonyl (C=O) groups excluding carboxylic acids is 2. The van der Waals surface area contributed by atoms with Crippen molar-refractivity contribution in [2.45, 2.75) is 23.8 Å². The molecule has 1 amide bonds. The molecule has 27 heavy (non-hydrogen) atoms. The predicted octanol–water partition coefficient (Wildman–Crippen LogP) is -0.254. The normalized spacial score (nSPS) is 19.1. The van der Waals surface area contributed by atoms with Crippen LogP contribution in [0.15, 0.2) is 29.2 Å². The lowest BCUT2D eigenvalue weighted by molar-refractivity contribution is -0.146. The van der Waals surface area contributed by atoms with E-state index in [2.05, 4.69) is 10.1 Å². The minimum atomic E-state index is -3.75. The number of esters is 1. The van der Waals surface area contributed by atoms with Crippen molar-refractivity contribution in [3.63, 3.8) is 0 Å². The van der Waals surface area contributed by atoms with Gasteiger partial charge in [0.2, 0.25) is 15.9 Å². The van der Waals surface area contributed by atoms with Gasteiger partial charge in [0.25, 0.3) is 0 Å². The summed E-state index contributed by atoms with van der Waals surface area (Å²) in [7, 11) is -1.11. The Hall–Kier alpha value is -2.17. The van der Waals surface area contributed by atoms with E-state index >= 15 is 0 Å². The lowest BCUT2D eigenvalue weighted by Gasteiger charge is -2.31. The Labute approximate surface area is 158 Å². The van der Waals surface area contributed by atoms with Crippen LogP contribution in [0.5, 0.6) is 5.75 Å². The summed E-state index contributed by atoms with van der Waals surface area (Å²) in [6.45, 7) is -0.295. The highest BCUT2D eigenvalue weighted by atomic mass is 32.2. The SMILES string of the molecule is COC(=O)[C@H](CO)NC(=O)[C@@H]1CCCN(S(=O)(=O)c2ccc(OC)cc2)C1. The third-order valence-electron chi connectivity index (χ3n) is 4.44. The fraction of sp³-hybridized carbons (Fsp3) is 0.529. The summed E-state index contributed by atoms with van der Waals surface area (Å²) in [4.78, 5) is 24.0. The molecule has 10 heteroatoms. The van der Waals surface area contributed by atoms with Gasteiger partial charge in [0.15, 0.2) is 6.04 Å². The minimum Gasteiger partial charge on any atom is -0.497 e. The molecular formula is C17H24N2O7S. The fourth-order valence-corrected chi connectivity index (χ4v) is 4.41. The molecule has 0 aliphatic carbocycles. The molecular weight excluding hydrogens is 376 g/mol. The van der Waals surface area contributed by atoms with Crippen LogP contribution < -0.4 is 10.1 Å². The van der Waals surface area contributed by atoms with Gasteiger partial charge in [-0.3, -0.25) is 4.79 Å². The number of rotatable bonds is 7. The highest BCUT2D eigenvalue weighted by Crippen LogP contribution is 2.25. The molecule has 0 bridgehead atoms. The predicted molar refractivity (Wildman–Crippen MR) is 95.5 cm³/mol. The lowest BCUT2D eigenvalue weighted by atomic mass is 9.98. The summed E-state index contributed by atoms with van der Waals surface area (Å²) in [6.07, 6.45) is 0.995. The average Bonchev–Trinajstić information content (AvgIpc) is 2.71. The zero-order valence-corrected chi connectivity index (χ0v) is 16.1. The van der Waals surface area contributed by atoms with Gasteiger partial charge in [-0.2, -0.15) is 4.31 Å². The molecule has 9 nitrogen and oxygen atoms in total. The van der Waals surface area contributed by atoms with E-state index in [4.69, 9.17) is 4.74 Å². The molecule has 0 unspecified atom stereocenters. The first-order chi connectivity index (χ1) is 12.8. The lowest BCUT2D eigenvalue weighted by Crippen LogP contribution is -2.50. The molecule has 0 saturated carbocycles. The number of ether oxygens (including phenoxy) is 2. The first-order valence-corrected chi connectivity index (χ1v) is 9.90. The number of sulfonamides is 1. The molecule has 0 aromatic heterocycles. The maximum Gasteiger partial charge on any atom is 0.330 e. The second-order valence-corrected chi connectivity index (χ2v) is 8.08. The van der Waals surface area contributed by atoms with Crippen molar-refractivity contribution in [2.24, 2.45) is 5.92 Å². The largest absolute Gasteiger partial charge is 0.497 e. The third kappa shape index (κ3) is 4.96. The smallest absolute Gasteiger partial charge is 0.330 e. The van der Waals surface area contributed by atoms with E-state index < -0.39 is 40.5 Å². The van der Waals surface area contributed by atoms with Gasteiger partial charge < -0.3 is 19.9 Å². The van der Waals surface area contributed by atoms with Gasteiger partial charge in [-0.05, 0) is 37.1 Å². The molecule has 2 rings (SSSR count). The molecule has 1 aromatic carbocycles. The van der Waals surface area contributed by atoms with E-state index in [1.807, 2.05) is 0 Å². The van der Waals surface area contributed by atoms with Gasteiger partial charge in [-0.1, -0.05) is 0 Å². The summed E-state index contributed by atoms with van der Waals surface area (Å²) < 4.78 is 36.5. The topological polar surface area (TPSA) is 122 Å². The van der Waals surface area contributed by atoms with E-state index in [0.717, 1.165) is 7.11 Å². The molecule has 1 aliphatic rings. The number of nitrogens with one attached hydrogen (secondary N) is 1. The summed E-state index contributed by atoms with van der Waals surface area (Å²) in [5, 5.41) is 11.6. The number of aliphatic hydroxyl groups is 1. The van der Waals surface area contributed by atoms with Gasteiger partial charge in [0, 0.05) is 13.1 Å². The van der Waals surface area contributed by atoms with Crippen LogP contribution in [0.4, 0.5) is 0 Å². The zero-order chi connectivity index (χ0) is 20.0. The number of amides is 1. The van der Waals surface area contributed by atoms with E-state index in [1.165, 1.54) is 23.5 Å². The molecule has 150 valence electrons. The summed E-state index contributed by atoms with van der Waals surface area (Å²) in [5.41, 5.74) is 0. The van der Waals surface area contributed by atoms with Crippen molar-refractivity contribution in [3.05, 3.63) is 24.3 Å². The monoisotopic (exact) mass is 400 g/mol. The molecule has 1 heterocycles. The third-order valence-corrected chi connectivity index (χ3v) is 6.32. The summed E-state index contributed by atoms with van der Waals surface area (Å²) in [6, 6.07) is 4.86. The molecule has 1 saturated heterocycles. The van der Waals surface area contributed by atoms with Gasteiger partial charge in [-0.25, -0.2) is 13.2 Å². The Morgan fingerprint density at radius 1 is 1.30 bits per heavy atom. The van der Waals surface area contributed by atoms with Crippen molar-refractivity contribution in [1.82, 2.24) is 9.62 Å². The number of hydrogen-bond acceptors (Lipinski definition) is 7. The van der Waals surface area contributed by atoms with Crippen LogP contribution in [0.1, 0.15) is 12.8 Å². The number of nitrogens with zero attached hydrogens (tertiary/aromatic N) is 1. The highest BCUT2D eigenvalue weighted by Gasteiger charge is 2.34. The molecule has 1 aliphatic heterocycles. The number of hydrogen-bond donors (Lipinski definition) is 2. The second kappa shape index (κ2) is 9.16. The Balaban J connectivity index is 2.09. The zero-order valence-electron chi connectivity index (χ0n) is 15.3. The Kier molecular flexibility index (Phi) is 7.17. The molecule has 1 fully saturated rings. The van der Waals surface area contributed by atoms with Crippen LogP contribution in [-0.4, -0.2) is 69.7 Å². The average molecular weight is 400 g/mol. The van der Waals surface area contributed by atoms with Crippen LogP contribution in [0, 0.1) is 5.92 Å². The van der Waals surface area contributed by atoms with Crippen molar-refractivity contribution in [1.29, 1.82) is 0 Å². The van der Waals surface area contributed by atoms with Crippen LogP contribution in [0.25, 0.3) is 0 Å². The van der Waals surface area contributed by atoms with Crippen molar-refractivity contribution < 1.29 is 32.6 Å². The van der Waals surface area contributed by atoms with Crippen molar-refractivity contribution in [3.8, 4) is 5.75 Å². The van der Waals surface area contributed by atoms with E-state index in [-0.39, 0.29) is 11.4 Å². The van der Waals surface area contributed by atoms with Gasteiger partial charge in [0.05, 0.1) is 31.6 Å². The van der Waals surface area contributed by atoms with E-state index in [1.54, 1.807) is 12.1 Å². The van der Waals surface area contributed by atoms with Gasteiger partial charge >= 0.3 is 5.97 Å². The molecule has 0 radical (unpaired) electrons. The second-order valence-electron chi connectivity index (χ2n) is 6.14. The van der Waals surface area contributed by atoms with Crippen molar-refractivity contribution >= 4 is 21.9 Å². The first-order valence-electron chi connectivity index (χ1n) is 8.46. The molecule has 0 spiro atoms. The number of aliphatic hydroxyl groups excluding tert-OH is 1.